The fourth-order valence-electron chi connectivity index (χ4n) is 4.12. The number of benzene rings is 2. The van der Waals surface area contributed by atoms with Crippen LogP contribution in [-0.4, -0.2) is 46.1 Å². The minimum absolute atomic E-state index is 0.341. The highest BCUT2D eigenvalue weighted by Crippen LogP contribution is 2.38. The van der Waals surface area contributed by atoms with E-state index < -0.39 is 0 Å². The third-order valence-corrected chi connectivity index (χ3v) is 6.50. The third kappa shape index (κ3) is 4.19. The van der Waals surface area contributed by atoms with Crippen molar-refractivity contribution in [3.8, 4) is 28.5 Å². The van der Waals surface area contributed by atoms with Gasteiger partial charge in [0.1, 0.15) is 22.5 Å². The Morgan fingerprint density at radius 3 is 2.47 bits per heavy atom. The minimum atomic E-state index is -0.341. The van der Waals surface area contributed by atoms with Crippen molar-refractivity contribution in [3.63, 3.8) is 0 Å². The molecular formula is C25H24BrFN6O3. The normalized spacial score (nSPS) is 11.3. The lowest BCUT2D eigenvalue weighted by molar-refractivity contribution is 0.324. The molecule has 0 saturated heterocycles. The smallest absolute Gasteiger partial charge is 0.224 e. The Hall–Kier alpha value is -3.86. The number of hydrogen-bond acceptors (Lipinski definition) is 7. The average Bonchev–Trinajstić information content (AvgIpc) is 3.50. The van der Waals surface area contributed by atoms with Gasteiger partial charge in [-0.1, -0.05) is 0 Å². The van der Waals surface area contributed by atoms with E-state index in [-0.39, 0.29) is 5.82 Å². The van der Waals surface area contributed by atoms with E-state index in [2.05, 4.69) is 36.3 Å². The molecule has 0 aliphatic rings. The van der Waals surface area contributed by atoms with Crippen LogP contribution in [0.25, 0.3) is 33.2 Å². The van der Waals surface area contributed by atoms with E-state index in [0.29, 0.717) is 63.0 Å². The zero-order valence-electron chi connectivity index (χ0n) is 20.1. The first kappa shape index (κ1) is 23.9. The number of nitrogens with one attached hydrogen (secondary N) is 2. The van der Waals surface area contributed by atoms with E-state index in [1.807, 2.05) is 36.1 Å². The predicted octanol–water partition coefficient (Wildman–Crippen LogP) is 5.53. The molecule has 5 rings (SSSR count). The number of nitrogens with zero attached hydrogens (tertiary/aromatic N) is 4. The highest BCUT2D eigenvalue weighted by Gasteiger charge is 2.19. The van der Waals surface area contributed by atoms with Crippen LogP contribution in [0.15, 0.2) is 41.1 Å². The summed E-state index contributed by atoms with van der Waals surface area (Å²) in [5.41, 5.74) is 4.37. The molecule has 0 aliphatic carbocycles. The Morgan fingerprint density at radius 1 is 1.06 bits per heavy atom. The Balaban J connectivity index is 1.57. The molecule has 186 valence electrons. The summed E-state index contributed by atoms with van der Waals surface area (Å²) in [4.78, 5) is 12.6. The fourth-order valence-corrected chi connectivity index (χ4v) is 4.46. The number of aromatic nitrogens is 5. The first-order valence-electron chi connectivity index (χ1n) is 11.2. The van der Waals surface area contributed by atoms with Crippen LogP contribution in [0.4, 0.5) is 10.3 Å². The maximum absolute atomic E-state index is 14.1. The minimum Gasteiger partial charge on any atom is -0.493 e. The number of anilines is 1. The van der Waals surface area contributed by atoms with Gasteiger partial charge in [-0.2, -0.15) is 5.10 Å². The molecule has 0 amide bonds. The van der Waals surface area contributed by atoms with Crippen molar-refractivity contribution in [1.82, 2.24) is 24.7 Å². The lowest BCUT2D eigenvalue weighted by Gasteiger charge is -2.14. The van der Waals surface area contributed by atoms with Gasteiger partial charge in [-0.25, -0.2) is 14.4 Å². The summed E-state index contributed by atoms with van der Waals surface area (Å²) in [5.74, 6) is 1.74. The van der Waals surface area contributed by atoms with Gasteiger partial charge in [0, 0.05) is 35.8 Å². The molecule has 5 aromatic rings. The van der Waals surface area contributed by atoms with Gasteiger partial charge in [0.05, 0.1) is 32.0 Å². The van der Waals surface area contributed by atoms with Crippen LogP contribution in [-0.2, 0) is 13.1 Å². The largest absolute Gasteiger partial charge is 0.493 e. The summed E-state index contributed by atoms with van der Waals surface area (Å²) >= 11 is 3.29. The zero-order valence-corrected chi connectivity index (χ0v) is 21.7. The lowest BCUT2D eigenvalue weighted by Crippen LogP contribution is -2.06. The van der Waals surface area contributed by atoms with Crippen molar-refractivity contribution in [2.24, 2.45) is 0 Å². The van der Waals surface area contributed by atoms with Crippen molar-refractivity contribution >= 4 is 43.8 Å². The van der Waals surface area contributed by atoms with Gasteiger partial charge in [-0.15, -0.1) is 0 Å². The number of H-pyrrole nitrogens is 1. The van der Waals surface area contributed by atoms with Gasteiger partial charge in [0.15, 0.2) is 11.5 Å². The molecule has 2 N–H and O–H groups in total. The number of ether oxygens (including phenoxy) is 3. The van der Waals surface area contributed by atoms with Crippen molar-refractivity contribution < 1.29 is 18.6 Å². The lowest BCUT2D eigenvalue weighted by atomic mass is 10.1. The Labute approximate surface area is 214 Å². The summed E-state index contributed by atoms with van der Waals surface area (Å²) in [6, 6.07) is 6.93. The molecular weight excluding hydrogens is 531 g/mol. The number of rotatable bonds is 8. The molecule has 3 heterocycles. The molecule has 0 fully saturated rings. The predicted molar refractivity (Wildman–Crippen MR) is 139 cm³/mol. The maximum Gasteiger partial charge on any atom is 0.224 e. The molecule has 36 heavy (non-hydrogen) atoms. The Kier molecular flexibility index (Phi) is 6.40. The second-order valence-electron chi connectivity index (χ2n) is 8.02. The average molecular weight is 555 g/mol. The van der Waals surface area contributed by atoms with E-state index in [1.165, 1.54) is 6.07 Å². The summed E-state index contributed by atoms with van der Waals surface area (Å²) < 4.78 is 32.6. The molecule has 0 atom stereocenters. The van der Waals surface area contributed by atoms with Gasteiger partial charge in [0.25, 0.3) is 0 Å². The zero-order chi connectivity index (χ0) is 25.4. The summed E-state index contributed by atoms with van der Waals surface area (Å²) in [6.07, 6.45) is 3.70. The first-order valence-corrected chi connectivity index (χ1v) is 12.0. The number of halogens is 2. The number of aromatic amines is 1. The van der Waals surface area contributed by atoms with E-state index in [1.54, 1.807) is 27.4 Å². The SMILES string of the molecule is CCn1cc2nc(NCc3cc(OC)c(OC)c(OC)c3)nc(-c3c[nH]c4cc(F)c(Br)cc34)c2n1. The molecule has 9 nitrogen and oxygen atoms in total. The van der Waals surface area contributed by atoms with Crippen LogP contribution >= 0.6 is 15.9 Å². The van der Waals surface area contributed by atoms with Crippen molar-refractivity contribution in [1.29, 1.82) is 0 Å². The number of methoxy groups -OCH3 is 3. The van der Waals surface area contributed by atoms with Crippen LogP contribution in [0.5, 0.6) is 17.2 Å². The highest BCUT2D eigenvalue weighted by atomic mass is 79.9. The number of fused-ring (bicyclic) bond motifs is 2. The second-order valence-corrected chi connectivity index (χ2v) is 8.87. The Morgan fingerprint density at radius 2 is 1.81 bits per heavy atom. The van der Waals surface area contributed by atoms with E-state index >= 15 is 0 Å². The summed E-state index contributed by atoms with van der Waals surface area (Å²) in [5, 5.41) is 8.80. The summed E-state index contributed by atoms with van der Waals surface area (Å²) in [7, 11) is 4.72. The van der Waals surface area contributed by atoms with E-state index in [9.17, 15) is 4.39 Å². The fraction of sp³-hybridized carbons (Fsp3) is 0.240. The van der Waals surface area contributed by atoms with Gasteiger partial charge < -0.3 is 24.5 Å². The van der Waals surface area contributed by atoms with Crippen molar-refractivity contribution in [3.05, 3.63) is 52.5 Å². The van der Waals surface area contributed by atoms with Gasteiger partial charge in [-0.3, -0.25) is 4.68 Å². The highest BCUT2D eigenvalue weighted by molar-refractivity contribution is 9.10. The molecule has 3 aromatic heterocycles. The van der Waals surface area contributed by atoms with Crippen LogP contribution in [0.1, 0.15) is 12.5 Å². The molecule has 2 aromatic carbocycles. The molecule has 0 unspecified atom stereocenters. The second kappa shape index (κ2) is 9.65. The quantitative estimate of drug-likeness (QED) is 0.260. The monoisotopic (exact) mass is 554 g/mol. The topological polar surface area (TPSA) is 99.1 Å². The summed E-state index contributed by atoms with van der Waals surface area (Å²) in [6.45, 7) is 3.11. The van der Waals surface area contributed by atoms with E-state index in [4.69, 9.17) is 19.2 Å². The van der Waals surface area contributed by atoms with Gasteiger partial charge in [-0.05, 0) is 52.7 Å². The van der Waals surface area contributed by atoms with E-state index in [0.717, 1.165) is 16.5 Å². The van der Waals surface area contributed by atoms with Crippen molar-refractivity contribution in [2.75, 3.05) is 26.6 Å². The van der Waals surface area contributed by atoms with Gasteiger partial charge >= 0.3 is 0 Å². The molecule has 0 aliphatic heterocycles. The van der Waals surface area contributed by atoms with Gasteiger partial charge in [0.2, 0.25) is 11.7 Å². The number of aryl methyl sites for hydroxylation is 1. The van der Waals surface area contributed by atoms with Crippen LogP contribution in [0.2, 0.25) is 0 Å². The van der Waals surface area contributed by atoms with Crippen molar-refractivity contribution in [2.45, 2.75) is 20.0 Å². The van der Waals surface area contributed by atoms with Crippen LogP contribution < -0.4 is 19.5 Å². The standard InChI is InChI=1S/C25H24BrFN6O3/c1-5-33-12-19-23(32-33)22(15-11-28-18-9-17(27)16(26)8-14(15)18)31-25(30-19)29-10-13-6-20(34-2)24(36-4)21(7-13)35-3/h6-9,11-12,28H,5,10H2,1-4H3,(H,29,30). The molecule has 0 bridgehead atoms. The maximum atomic E-state index is 14.1. The first-order chi connectivity index (χ1) is 17.4. The number of hydrogen-bond donors (Lipinski definition) is 2. The third-order valence-electron chi connectivity index (χ3n) is 5.89. The molecule has 0 spiro atoms. The van der Waals surface area contributed by atoms with Crippen LogP contribution in [0, 0.1) is 5.82 Å². The van der Waals surface area contributed by atoms with Crippen LogP contribution in [0.3, 0.4) is 0 Å². The Bertz CT molecular complexity index is 1560. The molecule has 0 radical (unpaired) electrons. The molecule has 11 heteroatoms. The molecule has 0 saturated carbocycles.